The fourth-order valence-corrected chi connectivity index (χ4v) is 5.06. The standard InChI is InChI=1S/C14H21FN2O2S2/c1-3-16-9-12-8-13(4-5-14(12)15)21(18,19)17-6-7-20-11(2)10-17/h4-5,8,11,16H,3,6-7,9-10H2,1-2H3. The third kappa shape index (κ3) is 3.97. The van der Waals surface area contributed by atoms with Gasteiger partial charge in [0.15, 0.2) is 0 Å². The Labute approximate surface area is 130 Å². The van der Waals surface area contributed by atoms with Crippen LogP contribution >= 0.6 is 11.8 Å². The van der Waals surface area contributed by atoms with Crippen LogP contribution < -0.4 is 5.32 Å². The Morgan fingerprint density at radius 3 is 2.90 bits per heavy atom. The number of hydrogen-bond acceptors (Lipinski definition) is 4. The number of benzene rings is 1. The molecule has 1 aromatic rings. The second kappa shape index (κ2) is 7.09. The van der Waals surface area contributed by atoms with E-state index in [-0.39, 0.29) is 16.0 Å². The van der Waals surface area contributed by atoms with Crippen molar-refractivity contribution in [1.82, 2.24) is 9.62 Å². The van der Waals surface area contributed by atoms with Crippen LogP contribution in [0.4, 0.5) is 4.39 Å². The summed E-state index contributed by atoms with van der Waals surface area (Å²) in [5.41, 5.74) is 0.386. The van der Waals surface area contributed by atoms with Crippen LogP contribution in [0.1, 0.15) is 19.4 Å². The second-order valence-electron chi connectivity index (χ2n) is 5.08. The zero-order valence-corrected chi connectivity index (χ0v) is 13.9. The lowest BCUT2D eigenvalue weighted by molar-refractivity contribution is 0.424. The molecule has 118 valence electrons. The Morgan fingerprint density at radius 2 is 2.24 bits per heavy atom. The maximum Gasteiger partial charge on any atom is 0.243 e. The largest absolute Gasteiger partial charge is 0.313 e. The van der Waals surface area contributed by atoms with Crippen LogP contribution in [0.2, 0.25) is 0 Å². The van der Waals surface area contributed by atoms with E-state index in [9.17, 15) is 12.8 Å². The van der Waals surface area contributed by atoms with Crippen molar-refractivity contribution in [3.63, 3.8) is 0 Å². The van der Waals surface area contributed by atoms with Crippen LogP contribution in [-0.2, 0) is 16.6 Å². The predicted molar refractivity (Wildman–Crippen MR) is 84.5 cm³/mol. The molecule has 7 heteroatoms. The molecule has 0 bridgehead atoms. The van der Waals surface area contributed by atoms with Crippen molar-refractivity contribution in [1.29, 1.82) is 0 Å². The highest BCUT2D eigenvalue weighted by molar-refractivity contribution is 8.00. The molecule has 0 spiro atoms. The maximum absolute atomic E-state index is 13.7. The van der Waals surface area contributed by atoms with Crippen LogP contribution in [0, 0.1) is 5.82 Å². The van der Waals surface area contributed by atoms with Crippen molar-refractivity contribution >= 4 is 21.8 Å². The van der Waals surface area contributed by atoms with E-state index in [1.54, 1.807) is 11.8 Å². The average Bonchev–Trinajstić information content (AvgIpc) is 2.46. The van der Waals surface area contributed by atoms with E-state index in [1.807, 2.05) is 13.8 Å². The van der Waals surface area contributed by atoms with Gasteiger partial charge in [-0.3, -0.25) is 0 Å². The number of nitrogens with one attached hydrogen (secondary N) is 1. The topological polar surface area (TPSA) is 49.4 Å². The lowest BCUT2D eigenvalue weighted by Crippen LogP contribution is -2.41. The van der Waals surface area contributed by atoms with E-state index < -0.39 is 10.0 Å². The molecular formula is C14H21FN2O2S2. The van der Waals surface area contributed by atoms with Crippen LogP contribution in [0.25, 0.3) is 0 Å². The minimum Gasteiger partial charge on any atom is -0.313 e. The van der Waals surface area contributed by atoms with Gasteiger partial charge in [-0.05, 0) is 24.7 Å². The fraction of sp³-hybridized carbons (Fsp3) is 0.571. The van der Waals surface area contributed by atoms with Gasteiger partial charge in [-0.25, -0.2) is 12.8 Å². The SMILES string of the molecule is CCNCc1cc(S(=O)(=O)N2CCSC(C)C2)ccc1F. The molecule has 4 nitrogen and oxygen atoms in total. The van der Waals surface area contributed by atoms with Crippen LogP contribution in [0.15, 0.2) is 23.1 Å². The van der Waals surface area contributed by atoms with Gasteiger partial charge in [-0.2, -0.15) is 16.1 Å². The van der Waals surface area contributed by atoms with Gasteiger partial charge in [-0.1, -0.05) is 13.8 Å². The summed E-state index contributed by atoms with van der Waals surface area (Å²) in [4.78, 5) is 0.177. The zero-order chi connectivity index (χ0) is 15.5. The molecule has 1 unspecified atom stereocenters. The smallest absolute Gasteiger partial charge is 0.243 e. The van der Waals surface area contributed by atoms with Gasteiger partial charge in [0.2, 0.25) is 10.0 Å². The summed E-state index contributed by atoms with van der Waals surface area (Å²) in [7, 11) is -3.53. The third-order valence-corrected chi connectivity index (χ3v) is 6.42. The van der Waals surface area contributed by atoms with Crippen molar-refractivity contribution in [2.45, 2.75) is 30.5 Å². The number of hydrogen-bond donors (Lipinski definition) is 1. The molecule has 2 rings (SSSR count). The first-order valence-corrected chi connectivity index (χ1v) is 9.55. The molecule has 1 aromatic carbocycles. The minimum absolute atomic E-state index is 0.177. The van der Waals surface area contributed by atoms with Gasteiger partial charge in [0.1, 0.15) is 5.82 Å². The van der Waals surface area contributed by atoms with Gasteiger partial charge in [0.05, 0.1) is 4.90 Å². The van der Waals surface area contributed by atoms with Gasteiger partial charge in [0.25, 0.3) is 0 Å². The van der Waals surface area contributed by atoms with Crippen LogP contribution in [0.3, 0.4) is 0 Å². The molecular weight excluding hydrogens is 311 g/mol. The summed E-state index contributed by atoms with van der Waals surface area (Å²) in [5, 5.41) is 3.31. The summed E-state index contributed by atoms with van der Waals surface area (Å²) in [6.45, 7) is 6.00. The number of nitrogens with zero attached hydrogens (tertiary/aromatic N) is 1. The molecule has 0 radical (unpaired) electrons. The van der Waals surface area contributed by atoms with Crippen LogP contribution in [0.5, 0.6) is 0 Å². The first-order chi connectivity index (χ1) is 9.95. The van der Waals surface area contributed by atoms with Crippen molar-refractivity contribution in [3.05, 3.63) is 29.6 Å². The van der Waals surface area contributed by atoms with E-state index in [1.165, 1.54) is 22.5 Å². The number of thioether (sulfide) groups is 1. The first-order valence-electron chi connectivity index (χ1n) is 7.06. The Hall–Kier alpha value is -0.630. The molecule has 0 saturated carbocycles. The third-order valence-electron chi connectivity index (χ3n) is 3.42. The minimum atomic E-state index is -3.53. The Bertz CT molecular complexity index is 593. The molecule has 1 heterocycles. The van der Waals surface area contributed by atoms with Crippen molar-refractivity contribution < 1.29 is 12.8 Å². The molecule has 1 fully saturated rings. The zero-order valence-electron chi connectivity index (χ0n) is 12.3. The maximum atomic E-state index is 13.7. The first kappa shape index (κ1) is 16.7. The summed E-state index contributed by atoms with van der Waals surface area (Å²) in [6, 6.07) is 4.04. The number of rotatable bonds is 5. The number of sulfonamides is 1. The lowest BCUT2D eigenvalue weighted by Gasteiger charge is -2.29. The van der Waals surface area contributed by atoms with E-state index in [0.717, 1.165) is 5.75 Å². The molecule has 21 heavy (non-hydrogen) atoms. The lowest BCUT2D eigenvalue weighted by atomic mass is 10.2. The van der Waals surface area contributed by atoms with Crippen molar-refractivity contribution in [2.24, 2.45) is 0 Å². The second-order valence-corrected chi connectivity index (χ2v) is 8.56. The summed E-state index contributed by atoms with van der Waals surface area (Å²) in [6.07, 6.45) is 0. The van der Waals surface area contributed by atoms with Crippen molar-refractivity contribution in [3.8, 4) is 0 Å². The molecule has 1 aliphatic heterocycles. The molecule has 1 N–H and O–H groups in total. The molecule has 1 aliphatic rings. The Kier molecular flexibility index (Phi) is 5.65. The van der Waals surface area contributed by atoms with Gasteiger partial charge >= 0.3 is 0 Å². The van der Waals surface area contributed by atoms with Crippen LogP contribution in [-0.4, -0.2) is 43.4 Å². The molecule has 0 amide bonds. The van der Waals surface area contributed by atoms with Crippen molar-refractivity contribution in [2.75, 3.05) is 25.4 Å². The van der Waals surface area contributed by atoms with E-state index >= 15 is 0 Å². The quantitative estimate of drug-likeness (QED) is 0.897. The highest BCUT2D eigenvalue weighted by Gasteiger charge is 2.29. The van der Waals surface area contributed by atoms with Gasteiger partial charge < -0.3 is 5.32 Å². The predicted octanol–water partition coefficient (Wildman–Crippen LogP) is 2.06. The number of halogens is 1. The summed E-state index contributed by atoms with van der Waals surface area (Å²) in [5.74, 6) is 0.420. The molecule has 1 atom stereocenters. The van der Waals surface area contributed by atoms with Gasteiger partial charge in [0, 0.05) is 36.2 Å². The highest BCUT2D eigenvalue weighted by Crippen LogP contribution is 2.25. The Morgan fingerprint density at radius 1 is 1.48 bits per heavy atom. The fourth-order valence-electron chi connectivity index (χ4n) is 2.26. The molecule has 0 aliphatic carbocycles. The van der Waals surface area contributed by atoms with E-state index in [2.05, 4.69) is 5.32 Å². The average molecular weight is 332 g/mol. The van der Waals surface area contributed by atoms with E-state index in [4.69, 9.17) is 0 Å². The summed E-state index contributed by atoms with van der Waals surface area (Å²) < 4.78 is 40.5. The monoisotopic (exact) mass is 332 g/mol. The molecule has 0 aromatic heterocycles. The Balaban J connectivity index is 2.27. The van der Waals surface area contributed by atoms with Gasteiger partial charge in [-0.15, -0.1) is 0 Å². The van der Waals surface area contributed by atoms with E-state index in [0.29, 0.717) is 31.7 Å². The summed E-state index contributed by atoms with van der Waals surface area (Å²) >= 11 is 1.77. The molecule has 1 saturated heterocycles. The normalized spacial score (nSPS) is 20.6. The highest BCUT2D eigenvalue weighted by atomic mass is 32.2.